The molecule has 2 N–H and O–H groups in total. The van der Waals surface area contributed by atoms with E-state index in [4.69, 9.17) is 21.0 Å². The number of pyridine rings is 1. The number of ether oxygens (including phenoxy) is 1. The van der Waals surface area contributed by atoms with E-state index in [0.29, 0.717) is 23.4 Å². The number of halogens is 1. The molecule has 26 heavy (non-hydrogen) atoms. The van der Waals surface area contributed by atoms with Gasteiger partial charge in [0.25, 0.3) is 0 Å². The average Bonchev–Trinajstić information content (AvgIpc) is 3.13. The highest BCUT2D eigenvalue weighted by atomic mass is 35.5. The summed E-state index contributed by atoms with van der Waals surface area (Å²) in [6.45, 7) is 7.51. The summed E-state index contributed by atoms with van der Waals surface area (Å²) in [4.78, 5) is 20.3. The third kappa shape index (κ3) is 3.27. The first-order valence-electron chi connectivity index (χ1n) is 7.78. The van der Waals surface area contributed by atoms with Crippen LogP contribution in [0.5, 0.6) is 5.75 Å². The van der Waals surface area contributed by atoms with E-state index in [1.807, 2.05) is 6.92 Å². The number of carbonyl (C=O) groups is 1. The normalized spacial score (nSPS) is 11.7. The average molecular weight is 381 g/mol. The number of hydrogen-bond donors (Lipinski definition) is 2. The molecule has 0 radical (unpaired) electrons. The first kappa shape index (κ1) is 17.9. The lowest BCUT2D eigenvalue weighted by atomic mass is 10.2. The summed E-state index contributed by atoms with van der Waals surface area (Å²) in [5.41, 5.74) is 0.191. The van der Waals surface area contributed by atoms with Gasteiger partial charge in [0.1, 0.15) is 16.6 Å². The molecule has 0 bridgehead atoms. The molecular formula is C15H17ClN6O4. The second kappa shape index (κ2) is 6.45. The van der Waals surface area contributed by atoms with Crippen LogP contribution < -0.4 is 5.32 Å². The molecule has 0 aliphatic rings. The summed E-state index contributed by atoms with van der Waals surface area (Å²) < 4.78 is 11.6. The van der Waals surface area contributed by atoms with E-state index in [1.54, 1.807) is 25.3 Å². The molecule has 3 heterocycles. The molecule has 3 rings (SSSR count). The molecule has 11 heteroatoms. The van der Waals surface area contributed by atoms with Gasteiger partial charge in [-0.15, -0.1) is 0 Å². The molecule has 0 aliphatic carbocycles. The highest BCUT2D eigenvalue weighted by molar-refractivity contribution is 6.34. The van der Waals surface area contributed by atoms with Gasteiger partial charge in [-0.3, -0.25) is 5.32 Å². The number of aryl methyl sites for hydroxylation is 1. The van der Waals surface area contributed by atoms with E-state index in [0.717, 1.165) is 0 Å². The Hall–Kier alpha value is -2.88. The van der Waals surface area contributed by atoms with Gasteiger partial charge >= 0.3 is 6.09 Å². The molecule has 3 aromatic rings. The van der Waals surface area contributed by atoms with Gasteiger partial charge in [0, 0.05) is 6.54 Å². The van der Waals surface area contributed by atoms with Crippen molar-refractivity contribution in [1.82, 2.24) is 24.8 Å². The van der Waals surface area contributed by atoms with Crippen LogP contribution in [-0.2, 0) is 11.3 Å². The monoisotopic (exact) mass is 380 g/mol. The highest BCUT2D eigenvalue weighted by Crippen LogP contribution is 2.34. The molecule has 0 saturated carbocycles. The number of amides is 1. The number of aromatic hydroxyl groups is 1. The Kier molecular flexibility index (Phi) is 4.45. The maximum Gasteiger partial charge on any atom is 0.413 e. The SMILES string of the molecule is CCn1c(-c2nonc2NC(=O)OC(C)(C)C)nc2c(Cl)ncc(O)c21. The molecule has 0 unspecified atom stereocenters. The molecule has 10 nitrogen and oxygen atoms in total. The van der Waals surface area contributed by atoms with Crippen LogP contribution >= 0.6 is 11.6 Å². The van der Waals surface area contributed by atoms with Gasteiger partial charge in [-0.25, -0.2) is 19.4 Å². The molecule has 0 atom stereocenters. The molecule has 138 valence electrons. The first-order chi connectivity index (χ1) is 12.2. The van der Waals surface area contributed by atoms with Crippen molar-refractivity contribution in [2.75, 3.05) is 5.32 Å². The third-order valence-electron chi connectivity index (χ3n) is 3.34. The van der Waals surface area contributed by atoms with Gasteiger partial charge in [-0.1, -0.05) is 11.6 Å². The van der Waals surface area contributed by atoms with E-state index in [9.17, 15) is 9.90 Å². The maximum absolute atomic E-state index is 12.0. The van der Waals surface area contributed by atoms with E-state index in [2.05, 4.69) is 25.6 Å². The van der Waals surface area contributed by atoms with Crippen molar-refractivity contribution in [1.29, 1.82) is 0 Å². The molecule has 0 aromatic carbocycles. The van der Waals surface area contributed by atoms with Gasteiger partial charge in [-0.05, 0) is 38.0 Å². The summed E-state index contributed by atoms with van der Waals surface area (Å²) in [6, 6.07) is 0. The zero-order valence-electron chi connectivity index (χ0n) is 14.6. The zero-order valence-corrected chi connectivity index (χ0v) is 15.3. The number of nitrogens with one attached hydrogen (secondary N) is 1. The fourth-order valence-corrected chi connectivity index (χ4v) is 2.58. The zero-order chi connectivity index (χ0) is 19.1. The quantitative estimate of drug-likeness (QED) is 0.663. The summed E-state index contributed by atoms with van der Waals surface area (Å²) in [7, 11) is 0. The first-order valence-corrected chi connectivity index (χ1v) is 8.15. The second-order valence-electron chi connectivity index (χ2n) is 6.40. The van der Waals surface area contributed by atoms with E-state index < -0.39 is 11.7 Å². The number of carbonyl (C=O) groups excluding carboxylic acids is 1. The fourth-order valence-electron chi connectivity index (χ4n) is 2.40. The number of fused-ring (bicyclic) bond motifs is 1. The highest BCUT2D eigenvalue weighted by Gasteiger charge is 2.25. The molecule has 0 saturated heterocycles. The van der Waals surface area contributed by atoms with Crippen LogP contribution in [0.2, 0.25) is 5.15 Å². The van der Waals surface area contributed by atoms with Crippen molar-refractivity contribution < 1.29 is 19.3 Å². The largest absolute Gasteiger partial charge is 0.504 e. The Balaban J connectivity index is 2.06. The van der Waals surface area contributed by atoms with Crippen LogP contribution in [0, 0.1) is 0 Å². The lowest BCUT2D eigenvalue weighted by molar-refractivity contribution is 0.0634. The van der Waals surface area contributed by atoms with Gasteiger partial charge in [-0.2, -0.15) is 0 Å². The summed E-state index contributed by atoms with van der Waals surface area (Å²) in [5.74, 6) is 0.260. The number of aromatic nitrogens is 5. The van der Waals surface area contributed by atoms with Crippen LogP contribution in [0.15, 0.2) is 10.8 Å². The number of rotatable bonds is 3. The number of imidazole rings is 1. The molecule has 0 spiro atoms. The summed E-state index contributed by atoms with van der Waals surface area (Å²) >= 11 is 6.08. The molecule has 3 aromatic heterocycles. The lowest BCUT2D eigenvalue weighted by Crippen LogP contribution is -2.27. The van der Waals surface area contributed by atoms with Crippen molar-refractivity contribution in [3.05, 3.63) is 11.3 Å². The van der Waals surface area contributed by atoms with Crippen LogP contribution in [0.25, 0.3) is 22.6 Å². The Bertz CT molecular complexity index is 975. The summed E-state index contributed by atoms with van der Waals surface area (Å²) in [5, 5.41) is 20.2. The van der Waals surface area contributed by atoms with E-state index in [-0.39, 0.29) is 22.4 Å². The predicted octanol–water partition coefficient (Wildman–Crippen LogP) is 3.21. The van der Waals surface area contributed by atoms with Gasteiger partial charge in [0.05, 0.1) is 6.20 Å². The number of nitrogens with zero attached hydrogens (tertiary/aromatic N) is 5. The lowest BCUT2D eigenvalue weighted by Gasteiger charge is -2.19. The van der Waals surface area contributed by atoms with Gasteiger partial charge in [0.15, 0.2) is 22.4 Å². The molecule has 0 fully saturated rings. The Morgan fingerprint density at radius 3 is 2.81 bits per heavy atom. The summed E-state index contributed by atoms with van der Waals surface area (Å²) in [6.07, 6.45) is 0.527. The van der Waals surface area contributed by atoms with Gasteiger partial charge in [0.2, 0.25) is 5.82 Å². The fraction of sp³-hybridized carbons (Fsp3) is 0.400. The van der Waals surface area contributed by atoms with Crippen molar-refractivity contribution in [2.24, 2.45) is 0 Å². The van der Waals surface area contributed by atoms with Gasteiger partial charge < -0.3 is 14.4 Å². The minimum Gasteiger partial charge on any atom is -0.504 e. The maximum atomic E-state index is 12.0. The minimum absolute atomic E-state index is 0.0350. The molecule has 0 aliphatic heterocycles. The van der Waals surface area contributed by atoms with Crippen molar-refractivity contribution >= 4 is 34.5 Å². The Labute approximate surface area is 153 Å². The minimum atomic E-state index is -0.712. The van der Waals surface area contributed by atoms with Crippen LogP contribution in [0.1, 0.15) is 27.7 Å². The van der Waals surface area contributed by atoms with E-state index in [1.165, 1.54) is 6.20 Å². The topological polar surface area (TPSA) is 128 Å². The Morgan fingerprint density at radius 1 is 1.42 bits per heavy atom. The number of hydrogen-bond acceptors (Lipinski definition) is 8. The smallest absolute Gasteiger partial charge is 0.413 e. The standard InChI is InChI=1S/C15H17ClN6O4/c1-5-22-10-7(23)6-17-11(16)8(10)18-13(22)9-12(21-26-20-9)19-14(24)25-15(2,3)4/h6,23H,5H2,1-4H3,(H,19,21,24). The second-order valence-corrected chi connectivity index (χ2v) is 6.76. The van der Waals surface area contributed by atoms with Crippen molar-refractivity contribution in [3.63, 3.8) is 0 Å². The van der Waals surface area contributed by atoms with Crippen molar-refractivity contribution in [3.8, 4) is 17.3 Å². The van der Waals surface area contributed by atoms with Crippen LogP contribution in [-0.4, -0.2) is 41.6 Å². The van der Waals surface area contributed by atoms with Crippen molar-refractivity contribution in [2.45, 2.75) is 39.8 Å². The Morgan fingerprint density at radius 2 is 2.15 bits per heavy atom. The molecular weight excluding hydrogens is 364 g/mol. The van der Waals surface area contributed by atoms with Crippen LogP contribution in [0.4, 0.5) is 10.6 Å². The van der Waals surface area contributed by atoms with Crippen LogP contribution in [0.3, 0.4) is 0 Å². The van der Waals surface area contributed by atoms with E-state index >= 15 is 0 Å². The number of anilines is 1. The third-order valence-corrected chi connectivity index (χ3v) is 3.62. The molecule has 1 amide bonds. The predicted molar refractivity (Wildman–Crippen MR) is 93.0 cm³/mol.